The van der Waals surface area contributed by atoms with E-state index in [4.69, 9.17) is 0 Å². The van der Waals surface area contributed by atoms with Crippen LogP contribution in [0, 0.1) is 12.7 Å². The Morgan fingerprint density at radius 1 is 1.57 bits per heavy atom. The first kappa shape index (κ1) is 11.2. The van der Waals surface area contributed by atoms with Crippen LogP contribution in [0.4, 0.5) is 4.39 Å². The molecule has 0 unspecified atom stereocenters. The summed E-state index contributed by atoms with van der Waals surface area (Å²) in [6.07, 6.45) is 0.0959. The molecule has 0 spiro atoms. The summed E-state index contributed by atoms with van der Waals surface area (Å²) in [4.78, 5) is 11.0. The molecule has 0 aliphatic rings. The van der Waals surface area contributed by atoms with Crippen LogP contribution in [-0.4, -0.2) is 13.1 Å². The van der Waals surface area contributed by atoms with E-state index in [2.05, 4.69) is 20.7 Å². The van der Waals surface area contributed by atoms with Crippen LogP contribution in [0.25, 0.3) is 0 Å². The van der Waals surface area contributed by atoms with Crippen molar-refractivity contribution in [2.24, 2.45) is 0 Å². The van der Waals surface area contributed by atoms with Crippen molar-refractivity contribution in [3.05, 3.63) is 33.5 Å². The van der Waals surface area contributed by atoms with Crippen molar-refractivity contribution in [3.8, 4) is 0 Å². The summed E-state index contributed by atoms with van der Waals surface area (Å²) in [5, 5.41) is 0. The SMILES string of the molecule is COC(=O)Cc1cc(F)cc(Br)c1C. The molecule has 0 aromatic heterocycles. The summed E-state index contributed by atoms with van der Waals surface area (Å²) in [5.74, 6) is -0.730. The predicted molar refractivity (Wildman–Crippen MR) is 54.6 cm³/mol. The maximum atomic E-state index is 13.0. The van der Waals surface area contributed by atoms with E-state index in [0.717, 1.165) is 5.56 Å². The van der Waals surface area contributed by atoms with Crippen LogP contribution < -0.4 is 0 Å². The number of esters is 1. The summed E-state index contributed by atoms with van der Waals surface area (Å²) >= 11 is 3.22. The molecule has 0 atom stereocenters. The van der Waals surface area contributed by atoms with Gasteiger partial charge in [0.1, 0.15) is 5.82 Å². The molecule has 1 rings (SSSR count). The molecule has 0 aliphatic carbocycles. The predicted octanol–water partition coefficient (Wildman–Crippen LogP) is 2.61. The van der Waals surface area contributed by atoms with Gasteiger partial charge in [0.15, 0.2) is 0 Å². The monoisotopic (exact) mass is 260 g/mol. The lowest BCUT2D eigenvalue weighted by atomic mass is 10.1. The number of halogens is 2. The van der Waals surface area contributed by atoms with Gasteiger partial charge in [-0.05, 0) is 30.2 Å². The highest BCUT2D eigenvalue weighted by atomic mass is 79.9. The highest BCUT2D eigenvalue weighted by molar-refractivity contribution is 9.10. The third-order valence-electron chi connectivity index (χ3n) is 1.98. The second-order valence-electron chi connectivity index (χ2n) is 2.92. The van der Waals surface area contributed by atoms with Gasteiger partial charge in [0.05, 0.1) is 13.5 Å². The first-order valence-electron chi connectivity index (χ1n) is 4.06. The van der Waals surface area contributed by atoms with Crippen molar-refractivity contribution in [1.29, 1.82) is 0 Å². The standard InChI is InChI=1S/C10H10BrFO2/c1-6-7(4-10(13)14-2)3-8(12)5-9(6)11/h3,5H,4H2,1-2H3. The van der Waals surface area contributed by atoms with Crippen molar-refractivity contribution in [3.63, 3.8) is 0 Å². The van der Waals surface area contributed by atoms with E-state index >= 15 is 0 Å². The smallest absolute Gasteiger partial charge is 0.309 e. The normalized spacial score (nSPS) is 10.0. The van der Waals surface area contributed by atoms with Gasteiger partial charge in [0, 0.05) is 4.47 Å². The molecule has 0 heterocycles. The number of carbonyl (C=O) groups excluding carboxylic acids is 1. The molecular weight excluding hydrogens is 251 g/mol. The summed E-state index contributed by atoms with van der Waals surface area (Å²) in [7, 11) is 1.31. The molecule has 0 radical (unpaired) electrons. The summed E-state index contributed by atoms with van der Waals surface area (Å²) < 4.78 is 18.2. The number of rotatable bonds is 2. The molecule has 0 saturated carbocycles. The number of benzene rings is 1. The Balaban J connectivity index is 3.02. The first-order chi connectivity index (χ1) is 6.54. The van der Waals surface area contributed by atoms with Gasteiger partial charge in [-0.15, -0.1) is 0 Å². The fraction of sp³-hybridized carbons (Fsp3) is 0.300. The van der Waals surface area contributed by atoms with Crippen molar-refractivity contribution in [2.45, 2.75) is 13.3 Å². The Morgan fingerprint density at radius 3 is 2.79 bits per heavy atom. The minimum atomic E-state index is -0.370. The van der Waals surface area contributed by atoms with Gasteiger partial charge in [-0.2, -0.15) is 0 Å². The van der Waals surface area contributed by atoms with Gasteiger partial charge < -0.3 is 4.74 Å². The zero-order chi connectivity index (χ0) is 10.7. The number of carbonyl (C=O) groups is 1. The first-order valence-corrected chi connectivity index (χ1v) is 4.85. The van der Waals surface area contributed by atoms with E-state index in [-0.39, 0.29) is 18.2 Å². The summed E-state index contributed by atoms with van der Waals surface area (Å²) in [6.45, 7) is 1.82. The van der Waals surface area contributed by atoms with Gasteiger partial charge in [0.25, 0.3) is 0 Å². The minimum Gasteiger partial charge on any atom is -0.469 e. The third kappa shape index (κ3) is 2.54. The van der Waals surface area contributed by atoms with Crippen molar-refractivity contribution in [2.75, 3.05) is 7.11 Å². The fourth-order valence-corrected chi connectivity index (χ4v) is 1.58. The Morgan fingerprint density at radius 2 is 2.21 bits per heavy atom. The van der Waals surface area contributed by atoms with E-state index in [1.54, 1.807) is 0 Å². The molecule has 1 aromatic carbocycles. The van der Waals surface area contributed by atoms with Crippen molar-refractivity contribution >= 4 is 21.9 Å². The Labute approximate surface area is 90.2 Å². The zero-order valence-corrected chi connectivity index (χ0v) is 9.52. The Bertz CT molecular complexity index is 363. The molecule has 0 amide bonds. The van der Waals surface area contributed by atoms with Gasteiger partial charge >= 0.3 is 5.97 Å². The quantitative estimate of drug-likeness (QED) is 0.765. The van der Waals surface area contributed by atoms with Crippen LogP contribution in [0.5, 0.6) is 0 Å². The number of hydrogen-bond donors (Lipinski definition) is 0. The largest absolute Gasteiger partial charge is 0.469 e. The van der Waals surface area contributed by atoms with Gasteiger partial charge in [0.2, 0.25) is 0 Å². The lowest BCUT2D eigenvalue weighted by Crippen LogP contribution is -2.06. The molecule has 14 heavy (non-hydrogen) atoms. The number of hydrogen-bond acceptors (Lipinski definition) is 2. The highest BCUT2D eigenvalue weighted by Gasteiger charge is 2.09. The van der Waals surface area contributed by atoms with E-state index in [9.17, 15) is 9.18 Å². The molecule has 0 saturated heterocycles. The lowest BCUT2D eigenvalue weighted by Gasteiger charge is -2.06. The molecule has 76 valence electrons. The molecule has 1 aromatic rings. The average Bonchev–Trinajstić information content (AvgIpc) is 2.13. The maximum absolute atomic E-state index is 13.0. The zero-order valence-electron chi connectivity index (χ0n) is 7.93. The number of methoxy groups -OCH3 is 1. The van der Waals surface area contributed by atoms with E-state index in [1.165, 1.54) is 19.2 Å². The van der Waals surface area contributed by atoms with Crippen LogP contribution in [0.15, 0.2) is 16.6 Å². The molecule has 2 nitrogen and oxygen atoms in total. The lowest BCUT2D eigenvalue weighted by molar-refractivity contribution is -0.139. The van der Waals surface area contributed by atoms with Crippen LogP contribution in [0.1, 0.15) is 11.1 Å². The average molecular weight is 261 g/mol. The fourth-order valence-electron chi connectivity index (χ4n) is 1.11. The van der Waals surface area contributed by atoms with Crippen LogP contribution in [0.3, 0.4) is 0 Å². The Hall–Kier alpha value is -0.900. The summed E-state index contributed by atoms with van der Waals surface area (Å²) in [5.41, 5.74) is 1.50. The second-order valence-corrected chi connectivity index (χ2v) is 3.78. The van der Waals surface area contributed by atoms with Crippen molar-refractivity contribution < 1.29 is 13.9 Å². The molecule has 4 heteroatoms. The van der Waals surface area contributed by atoms with E-state index in [1.807, 2.05) is 6.92 Å². The minimum absolute atomic E-state index is 0.0959. The number of ether oxygens (including phenoxy) is 1. The molecular formula is C10H10BrFO2. The highest BCUT2D eigenvalue weighted by Crippen LogP contribution is 2.22. The van der Waals surface area contributed by atoms with E-state index < -0.39 is 0 Å². The topological polar surface area (TPSA) is 26.3 Å². The Kier molecular flexibility index (Phi) is 3.63. The van der Waals surface area contributed by atoms with Gasteiger partial charge in [-0.1, -0.05) is 15.9 Å². The third-order valence-corrected chi connectivity index (χ3v) is 2.80. The van der Waals surface area contributed by atoms with Crippen molar-refractivity contribution in [1.82, 2.24) is 0 Å². The van der Waals surface area contributed by atoms with Crippen LogP contribution in [-0.2, 0) is 16.0 Å². The van der Waals surface area contributed by atoms with Gasteiger partial charge in [-0.25, -0.2) is 4.39 Å². The summed E-state index contributed by atoms with van der Waals surface area (Å²) in [6, 6.07) is 2.72. The van der Waals surface area contributed by atoms with Gasteiger partial charge in [-0.3, -0.25) is 4.79 Å². The molecule has 0 fully saturated rings. The molecule has 0 bridgehead atoms. The molecule has 0 aliphatic heterocycles. The maximum Gasteiger partial charge on any atom is 0.309 e. The van der Waals surface area contributed by atoms with E-state index in [0.29, 0.717) is 10.0 Å². The molecule has 0 N–H and O–H groups in total. The van der Waals surface area contributed by atoms with Crippen LogP contribution >= 0.6 is 15.9 Å². The second kappa shape index (κ2) is 4.55. The van der Waals surface area contributed by atoms with Crippen LogP contribution in [0.2, 0.25) is 0 Å².